The van der Waals surface area contributed by atoms with Crippen LogP contribution in [0.3, 0.4) is 0 Å². The number of nitrogens with one attached hydrogen (secondary N) is 1. The molecule has 174 valence electrons. The number of anilines is 2. The standard InChI is InChI=1S/C23H27N5O5/c1-13-11-14(28-17(29)12-15-18(19(28)24)21(31)25-20(15)30)5-6-16(13)26-7-9-27(10-8-26)22(32)33-23(2,3)4/h5-6,11-12H,7-10,24H2,1-4H3,(H,25,30,31). The molecule has 2 aromatic rings. The van der Waals surface area contributed by atoms with E-state index >= 15 is 0 Å². The van der Waals surface area contributed by atoms with Crippen LogP contribution in [-0.4, -0.2) is 59.2 Å². The molecule has 1 aromatic carbocycles. The van der Waals surface area contributed by atoms with Gasteiger partial charge in [-0.3, -0.25) is 24.3 Å². The molecule has 0 atom stereocenters. The number of carbonyl (C=O) groups excluding carboxylic acids is 3. The normalized spacial score (nSPS) is 16.0. The van der Waals surface area contributed by atoms with Gasteiger partial charge in [0.1, 0.15) is 11.4 Å². The molecule has 0 saturated carbocycles. The molecule has 0 unspecified atom stereocenters. The topological polar surface area (TPSA) is 127 Å². The highest BCUT2D eigenvalue weighted by molar-refractivity contribution is 6.23. The van der Waals surface area contributed by atoms with Gasteiger partial charge in [0, 0.05) is 37.9 Å². The lowest BCUT2D eigenvalue weighted by Crippen LogP contribution is -2.50. The number of rotatable bonds is 2. The molecule has 4 rings (SSSR count). The maximum Gasteiger partial charge on any atom is 0.410 e. The summed E-state index contributed by atoms with van der Waals surface area (Å²) in [6.45, 7) is 9.81. The number of hydrogen-bond donors (Lipinski definition) is 2. The zero-order valence-electron chi connectivity index (χ0n) is 19.1. The van der Waals surface area contributed by atoms with Gasteiger partial charge in [-0.05, 0) is 51.5 Å². The van der Waals surface area contributed by atoms with E-state index in [0.29, 0.717) is 31.9 Å². The first kappa shape index (κ1) is 22.4. The van der Waals surface area contributed by atoms with Crippen LogP contribution in [0, 0.1) is 6.92 Å². The predicted molar refractivity (Wildman–Crippen MR) is 123 cm³/mol. The van der Waals surface area contributed by atoms with Crippen molar-refractivity contribution in [3.05, 3.63) is 51.3 Å². The molecule has 1 fully saturated rings. The van der Waals surface area contributed by atoms with Gasteiger partial charge in [0.15, 0.2) is 0 Å². The molecule has 2 aliphatic heterocycles. The summed E-state index contributed by atoms with van der Waals surface area (Å²) < 4.78 is 6.68. The average molecular weight is 453 g/mol. The Morgan fingerprint density at radius 1 is 1.03 bits per heavy atom. The maximum absolute atomic E-state index is 12.7. The van der Waals surface area contributed by atoms with Gasteiger partial charge in [-0.15, -0.1) is 0 Å². The smallest absolute Gasteiger partial charge is 0.410 e. The number of ether oxygens (including phenoxy) is 1. The SMILES string of the molecule is Cc1cc(-n2c(N)c3c(cc2=O)C(=O)NC3=O)ccc1N1CCN(C(=O)OC(C)(C)C)CC1. The molecule has 0 bridgehead atoms. The summed E-state index contributed by atoms with van der Waals surface area (Å²) in [7, 11) is 0. The van der Waals surface area contributed by atoms with Gasteiger partial charge in [0.05, 0.1) is 16.8 Å². The van der Waals surface area contributed by atoms with E-state index in [2.05, 4.69) is 10.2 Å². The molecule has 3 amide bonds. The molecule has 2 aliphatic rings. The summed E-state index contributed by atoms with van der Waals surface area (Å²) in [6, 6.07) is 6.58. The highest BCUT2D eigenvalue weighted by Crippen LogP contribution is 2.27. The fourth-order valence-electron chi connectivity index (χ4n) is 4.14. The Kier molecular flexibility index (Phi) is 5.39. The number of carbonyl (C=O) groups is 3. The monoisotopic (exact) mass is 453 g/mol. The van der Waals surface area contributed by atoms with Crippen LogP contribution < -0.4 is 21.5 Å². The Labute approximate surface area is 190 Å². The van der Waals surface area contributed by atoms with E-state index in [0.717, 1.165) is 17.3 Å². The van der Waals surface area contributed by atoms with E-state index in [-0.39, 0.29) is 23.0 Å². The van der Waals surface area contributed by atoms with Crippen molar-refractivity contribution in [2.75, 3.05) is 36.8 Å². The third-order valence-corrected chi connectivity index (χ3v) is 5.66. The van der Waals surface area contributed by atoms with E-state index in [1.807, 2.05) is 39.8 Å². The van der Waals surface area contributed by atoms with Crippen LogP contribution in [-0.2, 0) is 4.74 Å². The van der Waals surface area contributed by atoms with Crippen LogP contribution in [0.25, 0.3) is 5.69 Å². The highest BCUT2D eigenvalue weighted by atomic mass is 16.6. The third-order valence-electron chi connectivity index (χ3n) is 5.66. The minimum Gasteiger partial charge on any atom is -0.444 e. The first-order chi connectivity index (χ1) is 15.5. The Morgan fingerprint density at radius 3 is 2.30 bits per heavy atom. The van der Waals surface area contributed by atoms with E-state index in [4.69, 9.17) is 10.5 Å². The number of piperazine rings is 1. The van der Waals surface area contributed by atoms with E-state index in [1.54, 1.807) is 11.0 Å². The average Bonchev–Trinajstić information content (AvgIpc) is 3.00. The van der Waals surface area contributed by atoms with Crippen LogP contribution >= 0.6 is 0 Å². The molecule has 1 aromatic heterocycles. The first-order valence-electron chi connectivity index (χ1n) is 10.7. The Hall–Kier alpha value is -3.82. The number of benzene rings is 1. The van der Waals surface area contributed by atoms with Crippen LogP contribution in [0.5, 0.6) is 0 Å². The molecule has 0 aliphatic carbocycles. The Morgan fingerprint density at radius 2 is 1.70 bits per heavy atom. The van der Waals surface area contributed by atoms with Gasteiger partial charge >= 0.3 is 6.09 Å². The molecule has 33 heavy (non-hydrogen) atoms. The Balaban J connectivity index is 1.56. The molecule has 10 heteroatoms. The van der Waals surface area contributed by atoms with Gasteiger partial charge in [-0.2, -0.15) is 0 Å². The zero-order valence-corrected chi connectivity index (χ0v) is 19.1. The van der Waals surface area contributed by atoms with Crippen molar-refractivity contribution in [2.24, 2.45) is 0 Å². The number of nitrogens with zero attached hydrogens (tertiary/aromatic N) is 3. The van der Waals surface area contributed by atoms with Crippen molar-refractivity contribution in [3.63, 3.8) is 0 Å². The van der Waals surface area contributed by atoms with Crippen molar-refractivity contribution in [3.8, 4) is 5.69 Å². The predicted octanol–water partition coefficient (Wildman–Crippen LogP) is 1.67. The molecule has 0 radical (unpaired) electrons. The Bertz CT molecular complexity index is 1220. The minimum atomic E-state index is -0.622. The van der Waals surface area contributed by atoms with Crippen molar-refractivity contribution in [1.82, 2.24) is 14.8 Å². The zero-order chi connectivity index (χ0) is 24.1. The molecule has 10 nitrogen and oxygen atoms in total. The maximum atomic E-state index is 12.7. The third kappa shape index (κ3) is 4.15. The number of fused-ring (bicyclic) bond motifs is 1. The number of pyridine rings is 1. The highest BCUT2D eigenvalue weighted by Gasteiger charge is 2.32. The molecular weight excluding hydrogens is 426 g/mol. The van der Waals surface area contributed by atoms with E-state index in [9.17, 15) is 19.2 Å². The number of amides is 3. The largest absolute Gasteiger partial charge is 0.444 e. The van der Waals surface area contributed by atoms with Gasteiger partial charge in [0.2, 0.25) is 0 Å². The van der Waals surface area contributed by atoms with Crippen molar-refractivity contribution >= 4 is 29.4 Å². The molecule has 3 heterocycles. The summed E-state index contributed by atoms with van der Waals surface area (Å²) in [4.78, 5) is 52.8. The summed E-state index contributed by atoms with van der Waals surface area (Å²) in [5.41, 5.74) is 7.49. The number of aryl methyl sites for hydroxylation is 1. The minimum absolute atomic E-state index is 0.00468. The molecule has 1 saturated heterocycles. The van der Waals surface area contributed by atoms with Gasteiger partial charge in [-0.25, -0.2) is 4.79 Å². The second-order valence-electron chi connectivity index (χ2n) is 9.20. The summed E-state index contributed by atoms with van der Waals surface area (Å²) >= 11 is 0. The molecule has 0 spiro atoms. The number of nitrogens with two attached hydrogens (primary N) is 1. The molecular formula is C23H27N5O5. The fraction of sp³-hybridized carbons (Fsp3) is 0.391. The van der Waals surface area contributed by atoms with Crippen molar-refractivity contribution < 1.29 is 19.1 Å². The number of aromatic nitrogens is 1. The van der Waals surface area contributed by atoms with E-state index < -0.39 is 23.0 Å². The van der Waals surface area contributed by atoms with E-state index in [1.165, 1.54) is 4.57 Å². The van der Waals surface area contributed by atoms with Crippen LogP contribution in [0.1, 0.15) is 47.1 Å². The van der Waals surface area contributed by atoms with Crippen LogP contribution in [0.15, 0.2) is 29.1 Å². The lowest BCUT2D eigenvalue weighted by molar-refractivity contribution is 0.0240. The molecule has 3 N–H and O–H groups in total. The number of imide groups is 1. The van der Waals surface area contributed by atoms with Gasteiger partial charge in [0.25, 0.3) is 17.4 Å². The fourth-order valence-corrected chi connectivity index (χ4v) is 4.14. The first-order valence-corrected chi connectivity index (χ1v) is 10.7. The van der Waals surface area contributed by atoms with Crippen molar-refractivity contribution in [1.29, 1.82) is 0 Å². The quantitative estimate of drug-likeness (QED) is 0.662. The summed E-state index contributed by atoms with van der Waals surface area (Å²) in [5, 5.41) is 2.16. The summed E-state index contributed by atoms with van der Waals surface area (Å²) in [6.07, 6.45) is -0.316. The van der Waals surface area contributed by atoms with Gasteiger partial charge in [-0.1, -0.05) is 0 Å². The lowest BCUT2D eigenvalue weighted by Gasteiger charge is -2.37. The van der Waals surface area contributed by atoms with Crippen LogP contribution in [0.4, 0.5) is 16.3 Å². The second kappa shape index (κ2) is 7.95. The summed E-state index contributed by atoms with van der Waals surface area (Å²) in [5.74, 6) is -1.31. The number of nitrogen functional groups attached to an aromatic ring is 1. The van der Waals surface area contributed by atoms with Gasteiger partial charge < -0.3 is 20.3 Å². The van der Waals surface area contributed by atoms with Crippen LogP contribution in [0.2, 0.25) is 0 Å². The second-order valence-corrected chi connectivity index (χ2v) is 9.20. The van der Waals surface area contributed by atoms with Crippen molar-refractivity contribution in [2.45, 2.75) is 33.3 Å². The number of hydrogen-bond acceptors (Lipinski definition) is 7. The lowest BCUT2D eigenvalue weighted by atomic mass is 10.1.